The number of benzene rings is 4. The molecule has 7 heteroatoms. The summed E-state index contributed by atoms with van der Waals surface area (Å²) in [7, 11) is 0. The van der Waals surface area contributed by atoms with Gasteiger partial charge in [0.15, 0.2) is 5.58 Å². The van der Waals surface area contributed by atoms with Gasteiger partial charge in [-0.25, -0.2) is 4.98 Å². The number of aromatic hydroxyl groups is 1. The quantitative estimate of drug-likeness (QED) is 0.193. The first-order valence-electron chi connectivity index (χ1n) is 10.3. The van der Waals surface area contributed by atoms with Gasteiger partial charge in [0.2, 0.25) is 5.89 Å². The lowest BCUT2D eigenvalue weighted by Crippen LogP contribution is -1.90. The monoisotopic (exact) mass is 437 g/mol. The molecule has 0 spiro atoms. The zero-order valence-electron chi connectivity index (χ0n) is 17.9. The number of nitro groups is 1. The van der Waals surface area contributed by atoms with E-state index in [1.54, 1.807) is 18.3 Å². The zero-order chi connectivity index (χ0) is 23.1. The Bertz CT molecular complexity index is 1560. The lowest BCUT2D eigenvalue weighted by atomic mass is 10.0. The van der Waals surface area contributed by atoms with E-state index in [1.807, 2.05) is 44.2 Å². The van der Waals surface area contributed by atoms with E-state index in [0.717, 1.165) is 16.7 Å². The largest absolute Gasteiger partial charge is 0.507 e. The molecule has 0 aliphatic heterocycles. The van der Waals surface area contributed by atoms with E-state index in [2.05, 4.69) is 16.0 Å². The molecule has 1 aromatic heterocycles. The Labute approximate surface area is 188 Å². The summed E-state index contributed by atoms with van der Waals surface area (Å²) in [6, 6.07) is 19.2. The minimum absolute atomic E-state index is 0.00725. The topological polar surface area (TPSA) is 102 Å². The van der Waals surface area contributed by atoms with Crippen LogP contribution in [-0.4, -0.2) is 21.2 Å². The van der Waals surface area contributed by atoms with Gasteiger partial charge in [-0.2, -0.15) is 0 Å². The Morgan fingerprint density at radius 2 is 1.79 bits per heavy atom. The second-order valence-corrected chi connectivity index (χ2v) is 7.97. The van der Waals surface area contributed by atoms with Crippen molar-refractivity contribution in [3.8, 4) is 17.2 Å². The van der Waals surface area contributed by atoms with Crippen LogP contribution in [0.1, 0.15) is 16.7 Å². The van der Waals surface area contributed by atoms with Gasteiger partial charge in [0.25, 0.3) is 5.69 Å². The summed E-state index contributed by atoms with van der Waals surface area (Å²) >= 11 is 0. The highest BCUT2D eigenvalue weighted by Gasteiger charge is 2.12. The van der Waals surface area contributed by atoms with Gasteiger partial charge < -0.3 is 9.52 Å². The molecule has 0 fully saturated rings. The maximum Gasteiger partial charge on any atom is 0.270 e. The summed E-state index contributed by atoms with van der Waals surface area (Å²) < 4.78 is 5.93. The molecular weight excluding hydrogens is 418 g/mol. The maximum absolute atomic E-state index is 11.1. The third-order valence-electron chi connectivity index (χ3n) is 5.42. The Hall–Kier alpha value is -4.52. The first kappa shape index (κ1) is 20.4. The van der Waals surface area contributed by atoms with E-state index in [-0.39, 0.29) is 11.4 Å². The first-order chi connectivity index (χ1) is 15.9. The predicted octanol–water partition coefficient (Wildman–Crippen LogP) is 6.63. The Kier molecular flexibility index (Phi) is 4.86. The molecule has 4 aromatic carbocycles. The highest BCUT2D eigenvalue weighted by molar-refractivity contribution is 6.03. The molecule has 0 saturated carbocycles. The van der Waals surface area contributed by atoms with Crippen LogP contribution in [0.2, 0.25) is 0 Å². The van der Waals surface area contributed by atoms with Crippen molar-refractivity contribution in [1.29, 1.82) is 0 Å². The van der Waals surface area contributed by atoms with Gasteiger partial charge in [-0.15, -0.1) is 0 Å². The molecule has 162 valence electrons. The highest BCUT2D eigenvalue weighted by Crippen LogP contribution is 2.31. The molecular formula is C26H19N3O4. The second-order valence-electron chi connectivity index (χ2n) is 7.97. The predicted molar refractivity (Wildman–Crippen MR) is 128 cm³/mol. The Balaban J connectivity index is 1.51. The van der Waals surface area contributed by atoms with Crippen molar-refractivity contribution in [2.45, 2.75) is 13.8 Å². The molecule has 0 bridgehead atoms. The van der Waals surface area contributed by atoms with Crippen molar-refractivity contribution in [2.24, 2.45) is 4.99 Å². The number of aliphatic imine (C=N–C) groups is 1. The molecule has 5 rings (SSSR count). The van der Waals surface area contributed by atoms with Gasteiger partial charge in [-0.3, -0.25) is 15.1 Å². The number of aromatic nitrogens is 1. The van der Waals surface area contributed by atoms with Gasteiger partial charge in [-0.1, -0.05) is 23.3 Å². The molecule has 0 aliphatic carbocycles. The van der Waals surface area contributed by atoms with Crippen molar-refractivity contribution in [3.63, 3.8) is 0 Å². The molecule has 1 heterocycles. The number of hydrogen-bond donors (Lipinski definition) is 1. The minimum atomic E-state index is -0.445. The van der Waals surface area contributed by atoms with E-state index in [4.69, 9.17) is 4.42 Å². The standard InChI is InChI=1S/C26H19N3O4/c1-15-9-16(2)11-18(10-15)26-28-23-13-19(4-8-25(23)33-26)27-14-22-21-6-5-20(29(31)32)12-17(21)3-7-24(22)30/h3-14,30H,1-2H3. The van der Waals surface area contributed by atoms with Crippen LogP contribution in [0.4, 0.5) is 11.4 Å². The number of phenolic OH excluding ortho intramolecular Hbond substituents is 1. The van der Waals surface area contributed by atoms with Crippen molar-refractivity contribution < 1.29 is 14.4 Å². The molecule has 33 heavy (non-hydrogen) atoms. The van der Waals surface area contributed by atoms with Gasteiger partial charge >= 0.3 is 0 Å². The summed E-state index contributed by atoms with van der Waals surface area (Å²) in [5, 5.41) is 22.7. The SMILES string of the molecule is Cc1cc(C)cc(-c2nc3cc(N=Cc4c(O)ccc5cc([N+](=O)[O-])ccc45)ccc3o2)c1. The number of rotatable bonds is 4. The van der Waals surface area contributed by atoms with Crippen LogP contribution < -0.4 is 0 Å². The van der Waals surface area contributed by atoms with Gasteiger partial charge in [-0.05, 0) is 67.1 Å². The normalized spacial score (nSPS) is 11.6. The number of oxazole rings is 1. The van der Waals surface area contributed by atoms with Crippen LogP contribution in [-0.2, 0) is 0 Å². The van der Waals surface area contributed by atoms with E-state index >= 15 is 0 Å². The number of non-ortho nitro benzene ring substituents is 1. The number of fused-ring (bicyclic) bond motifs is 2. The molecule has 0 atom stereocenters. The summed E-state index contributed by atoms with van der Waals surface area (Å²) in [4.78, 5) is 19.7. The Morgan fingerprint density at radius 3 is 2.55 bits per heavy atom. The summed E-state index contributed by atoms with van der Waals surface area (Å²) in [5.41, 5.74) is 5.64. The number of hydrogen-bond acceptors (Lipinski definition) is 6. The van der Waals surface area contributed by atoms with Crippen molar-refractivity contribution in [3.05, 3.63) is 93.5 Å². The average molecular weight is 437 g/mol. The van der Waals surface area contributed by atoms with E-state index in [1.165, 1.54) is 18.2 Å². The van der Waals surface area contributed by atoms with Crippen molar-refractivity contribution in [2.75, 3.05) is 0 Å². The molecule has 5 aromatic rings. The zero-order valence-corrected chi connectivity index (χ0v) is 17.9. The minimum Gasteiger partial charge on any atom is -0.507 e. The van der Waals surface area contributed by atoms with Crippen LogP contribution >= 0.6 is 0 Å². The molecule has 1 N–H and O–H groups in total. The molecule has 0 unspecified atom stereocenters. The fourth-order valence-electron chi connectivity index (χ4n) is 3.94. The summed E-state index contributed by atoms with van der Waals surface area (Å²) in [6.07, 6.45) is 1.55. The molecule has 0 amide bonds. The third-order valence-corrected chi connectivity index (χ3v) is 5.42. The van der Waals surface area contributed by atoms with Gasteiger partial charge in [0.05, 0.1) is 10.6 Å². The number of aryl methyl sites for hydroxylation is 2. The fraction of sp³-hybridized carbons (Fsp3) is 0.0769. The smallest absolute Gasteiger partial charge is 0.270 e. The van der Waals surface area contributed by atoms with Crippen LogP contribution in [0.3, 0.4) is 0 Å². The first-order valence-corrected chi connectivity index (χ1v) is 10.3. The molecule has 0 saturated heterocycles. The molecule has 0 aliphatic rings. The number of nitro benzene ring substituents is 1. The van der Waals surface area contributed by atoms with Crippen molar-refractivity contribution in [1.82, 2.24) is 4.98 Å². The fourth-order valence-corrected chi connectivity index (χ4v) is 3.94. The van der Waals surface area contributed by atoms with Gasteiger partial charge in [0.1, 0.15) is 11.3 Å². The number of phenols is 1. The molecule has 7 nitrogen and oxygen atoms in total. The third kappa shape index (κ3) is 3.92. The van der Waals surface area contributed by atoms with Gasteiger partial charge in [0, 0.05) is 29.5 Å². The van der Waals surface area contributed by atoms with Crippen LogP contribution in [0.5, 0.6) is 5.75 Å². The van der Waals surface area contributed by atoms with E-state index in [0.29, 0.717) is 39.0 Å². The number of nitrogens with zero attached hydrogens (tertiary/aromatic N) is 3. The van der Waals surface area contributed by atoms with E-state index < -0.39 is 4.92 Å². The Morgan fingerprint density at radius 1 is 1.00 bits per heavy atom. The average Bonchev–Trinajstić information content (AvgIpc) is 3.21. The lowest BCUT2D eigenvalue weighted by molar-refractivity contribution is -0.384. The van der Waals surface area contributed by atoms with E-state index in [9.17, 15) is 15.2 Å². The second kappa shape index (κ2) is 7.87. The van der Waals surface area contributed by atoms with Crippen LogP contribution in [0.15, 0.2) is 76.1 Å². The van der Waals surface area contributed by atoms with Crippen molar-refractivity contribution >= 4 is 39.5 Å². The lowest BCUT2D eigenvalue weighted by Gasteiger charge is -2.05. The maximum atomic E-state index is 11.1. The van der Waals surface area contributed by atoms with Crippen LogP contribution in [0.25, 0.3) is 33.3 Å². The highest BCUT2D eigenvalue weighted by atomic mass is 16.6. The van der Waals surface area contributed by atoms with Crippen LogP contribution in [0, 0.1) is 24.0 Å². The summed E-state index contributed by atoms with van der Waals surface area (Å²) in [6.45, 7) is 4.07. The summed E-state index contributed by atoms with van der Waals surface area (Å²) in [5.74, 6) is 0.589. The molecule has 0 radical (unpaired) electrons.